The number of amides is 1. The minimum atomic E-state index is -3.43. The van der Waals surface area contributed by atoms with Crippen LogP contribution in [0.15, 0.2) is 30.5 Å². The minimum Gasteiger partial charge on any atom is -0.320 e. The number of sulfonamides is 1. The summed E-state index contributed by atoms with van der Waals surface area (Å²) < 4.78 is 25.9. The Hall–Kier alpha value is -2.10. The molecule has 1 amide bonds. The second kappa shape index (κ2) is 7.87. The summed E-state index contributed by atoms with van der Waals surface area (Å²) in [6.45, 7) is 5.32. The number of nitrogens with zero attached hydrogens (tertiary/aromatic N) is 4. The normalized spacial score (nSPS) is 15.7. The summed E-state index contributed by atoms with van der Waals surface area (Å²) in [6.07, 6.45) is 2.49. The monoisotopic (exact) mass is 411 g/mol. The molecule has 146 valence electrons. The van der Waals surface area contributed by atoms with Gasteiger partial charge >= 0.3 is 6.03 Å². The Balaban J connectivity index is 1.57. The van der Waals surface area contributed by atoms with Gasteiger partial charge in [0.05, 0.1) is 6.26 Å². The lowest BCUT2D eigenvalue weighted by Gasteiger charge is -2.34. The van der Waals surface area contributed by atoms with Gasteiger partial charge in [0, 0.05) is 50.0 Å². The van der Waals surface area contributed by atoms with Crippen molar-refractivity contribution in [3.8, 4) is 0 Å². The van der Waals surface area contributed by atoms with Crippen molar-refractivity contribution < 1.29 is 13.2 Å². The number of anilines is 1. The van der Waals surface area contributed by atoms with E-state index in [-0.39, 0.29) is 11.8 Å². The van der Waals surface area contributed by atoms with Crippen LogP contribution in [0.4, 0.5) is 10.6 Å². The van der Waals surface area contributed by atoms with Crippen molar-refractivity contribution in [3.05, 3.63) is 46.6 Å². The number of piperazine rings is 1. The highest BCUT2D eigenvalue weighted by Crippen LogP contribution is 2.22. The van der Waals surface area contributed by atoms with Crippen LogP contribution < -0.4 is 4.72 Å². The van der Waals surface area contributed by atoms with E-state index in [1.54, 1.807) is 4.90 Å². The van der Waals surface area contributed by atoms with Crippen LogP contribution in [-0.4, -0.2) is 66.5 Å². The number of hydrogen-bond donors (Lipinski definition) is 1. The zero-order valence-corrected chi connectivity index (χ0v) is 16.8. The van der Waals surface area contributed by atoms with Crippen LogP contribution in [0.2, 0.25) is 5.02 Å². The maximum Gasteiger partial charge on any atom is 0.344 e. The quantitative estimate of drug-likeness (QED) is 0.831. The second-order valence-electron chi connectivity index (χ2n) is 6.61. The van der Waals surface area contributed by atoms with Gasteiger partial charge in [-0.1, -0.05) is 29.8 Å². The maximum absolute atomic E-state index is 12.6. The first-order valence-corrected chi connectivity index (χ1v) is 10.8. The summed E-state index contributed by atoms with van der Waals surface area (Å²) >= 11 is 6.37. The fraction of sp³-hybridized carbons (Fsp3) is 0.412. The van der Waals surface area contributed by atoms with Gasteiger partial charge in [0.1, 0.15) is 0 Å². The van der Waals surface area contributed by atoms with Gasteiger partial charge in [-0.25, -0.2) is 13.2 Å². The van der Waals surface area contributed by atoms with Crippen molar-refractivity contribution in [3.63, 3.8) is 0 Å². The van der Waals surface area contributed by atoms with Gasteiger partial charge in [-0.3, -0.25) is 9.62 Å². The van der Waals surface area contributed by atoms with Crippen LogP contribution in [0, 0.1) is 6.92 Å². The number of aryl methyl sites for hydroxylation is 1. The SMILES string of the molecule is Cc1cccc(CN2CCN(C(=O)n3ccc(NS(C)(=O)=O)n3)CC2)c1Cl. The molecule has 1 aliphatic heterocycles. The molecular formula is C17H22ClN5O3S. The fourth-order valence-corrected chi connectivity index (χ4v) is 3.66. The molecule has 0 atom stereocenters. The molecule has 1 fully saturated rings. The average molecular weight is 412 g/mol. The molecule has 0 radical (unpaired) electrons. The number of carbonyl (C=O) groups excluding carboxylic acids is 1. The average Bonchev–Trinajstić information content (AvgIpc) is 3.05. The van der Waals surface area contributed by atoms with Gasteiger partial charge in [-0.05, 0) is 18.1 Å². The predicted molar refractivity (Wildman–Crippen MR) is 105 cm³/mol. The van der Waals surface area contributed by atoms with E-state index in [2.05, 4.69) is 14.7 Å². The largest absolute Gasteiger partial charge is 0.344 e. The van der Waals surface area contributed by atoms with E-state index in [9.17, 15) is 13.2 Å². The van der Waals surface area contributed by atoms with E-state index in [1.807, 2.05) is 25.1 Å². The van der Waals surface area contributed by atoms with Crippen LogP contribution in [0.1, 0.15) is 11.1 Å². The molecule has 0 aliphatic carbocycles. The number of hydrogen-bond acceptors (Lipinski definition) is 5. The first-order chi connectivity index (χ1) is 12.7. The third-order valence-corrected chi connectivity index (χ3v) is 5.50. The molecule has 10 heteroatoms. The third kappa shape index (κ3) is 5.00. The number of nitrogens with one attached hydrogen (secondary N) is 1. The van der Waals surface area contributed by atoms with Crippen molar-refractivity contribution in [1.29, 1.82) is 0 Å². The molecule has 2 heterocycles. The maximum atomic E-state index is 12.6. The van der Waals surface area contributed by atoms with Gasteiger partial charge < -0.3 is 4.90 Å². The van der Waals surface area contributed by atoms with Crippen molar-refractivity contribution in [2.24, 2.45) is 0 Å². The predicted octanol–water partition coefficient (Wildman–Crippen LogP) is 2.00. The van der Waals surface area contributed by atoms with Crippen LogP contribution in [0.3, 0.4) is 0 Å². The van der Waals surface area contributed by atoms with Crippen LogP contribution >= 0.6 is 11.6 Å². The molecule has 2 aromatic rings. The number of aromatic nitrogens is 2. The van der Waals surface area contributed by atoms with E-state index in [0.717, 1.165) is 46.7 Å². The highest BCUT2D eigenvalue weighted by Gasteiger charge is 2.23. The molecule has 0 saturated carbocycles. The van der Waals surface area contributed by atoms with Crippen molar-refractivity contribution in [1.82, 2.24) is 19.6 Å². The van der Waals surface area contributed by atoms with Gasteiger partial charge in [-0.2, -0.15) is 4.68 Å². The summed E-state index contributed by atoms with van der Waals surface area (Å²) in [5, 5.41) is 4.77. The Morgan fingerprint density at radius 3 is 2.59 bits per heavy atom. The van der Waals surface area contributed by atoms with Crippen molar-refractivity contribution >= 4 is 33.5 Å². The molecule has 1 saturated heterocycles. The van der Waals surface area contributed by atoms with E-state index in [0.29, 0.717) is 13.1 Å². The van der Waals surface area contributed by atoms with Crippen LogP contribution in [0.25, 0.3) is 0 Å². The summed E-state index contributed by atoms with van der Waals surface area (Å²) in [5.41, 5.74) is 2.14. The smallest absolute Gasteiger partial charge is 0.320 e. The van der Waals surface area contributed by atoms with E-state index in [1.165, 1.54) is 12.3 Å². The lowest BCUT2D eigenvalue weighted by Crippen LogP contribution is -2.49. The number of rotatable bonds is 4. The Labute approximate surface area is 163 Å². The number of carbonyl (C=O) groups is 1. The summed E-state index contributed by atoms with van der Waals surface area (Å²) in [6, 6.07) is 7.18. The summed E-state index contributed by atoms with van der Waals surface area (Å²) in [4.78, 5) is 16.5. The molecule has 0 bridgehead atoms. The molecule has 1 aromatic carbocycles. The lowest BCUT2D eigenvalue weighted by atomic mass is 10.1. The highest BCUT2D eigenvalue weighted by molar-refractivity contribution is 7.92. The van der Waals surface area contributed by atoms with Crippen molar-refractivity contribution in [2.75, 3.05) is 37.2 Å². The molecule has 0 spiro atoms. The standard InChI is InChI=1S/C17H22ClN5O3S/c1-13-4-3-5-14(16(13)18)12-21-8-10-22(11-9-21)17(24)23-7-6-15(19-23)20-27(2,25)26/h3-7H,8-12H2,1-2H3,(H,19,20). The van der Waals surface area contributed by atoms with Gasteiger partial charge in [0.25, 0.3) is 0 Å². The van der Waals surface area contributed by atoms with Gasteiger partial charge in [-0.15, -0.1) is 5.10 Å². The third-order valence-electron chi connectivity index (χ3n) is 4.38. The Kier molecular flexibility index (Phi) is 5.73. The molecule has 1 N–H and O–H groups in total. The Morgan fingerprint density at radius 1 is 1.22 bits per heavy atom. The molecule has 8 nitrogen and oxygen atoms in total. The molecular weight excluding hydrogens is 390 g/mol. The second-order valence-corrected chi connectivity index (χ2v) is 8.74. The first kappa shape index (κ1) is 19.7. The topological polar surface area (TPSA) is 87.5 Å². The molecule has 1 aliphatic rings. The first-order valence-electron chi connectivity index (χ1n) is 8.52. The summed E-state index contributed by atoms with van der Waals surface area (Å²) in [5.74, 6) is 0.124. The fourth-order valence-electron chi connectivity index (χ4n) is 2.99. The molecule has 27 heavy (non-hydrogen) atoms. The van der Waals surface area contributed by atoms with E-state index >= 15 is 0 Å². The van der Waals surface area contributed by atoms with Gasteiger partial charge in [0.15, 0.2) is 5.82 Å². The Morgan fingerprint density at radius 2 is 1.93 bits per heavy atom. The van der Waals surface area contributed by atoms with Crippen molar-refractivity contribution in [2.45, 2.75) is 13.5 Å². The lowest BCUT2D eigenvalue weighted by molar-refractivity contribution is 0.134. The van der Waals surface area contributed by atoms with Gasteiger partial charge in [0.2, 0.25) is 10.0 Å². The summed E-state index contributed by atoms with van der Waals surface area (Å²) in [7, 11) is -3.43. The number of benzene rings is 1. The highest BCUT2D eigenvalue weighted by atomic mass is 35.5. The van der Waals surface area contributed by atoms with Crippen LogP contribution in [0.5, 0.6) is 0 Å². The van der Waals surface area contributed by atoms with E-state index in [4.69, 9.17) is 11.6 Å². The zero-order valence-electron chi connectivity index (χ0n) is 15.2. The van der Waals surface area contributed by atoms with E-state index < -0.39 is 10.0 Å². The molecule has 3 rings (SSSR count). The van der Waals surface area contributed by atoms with Crippen LogP contribution in [-0.2, 0) is 16.6 Å². The molecule has 1 aromatic heterocycles. The zero-order chi connectivity index (χ0) is 19.6. The number of halogens is 1. The minimum absolute atomic E-state index is 0.124. The Bertz CT molecular complexity index is 936. The molecule has 0 unspecified atom stereocenters.